The van der Waals surface area contributed by atoms with Crippen LogP contribution in [0, 0.1) is 17.7 Å². The zero-order valence-electron chi connectivity index (χ0n) is 13.0. The number of aliphatic hydroxyl groups is 1. The Labute approximate surface area is 126 Å². The number of rotatable bonds is 7. The van der Waals surface area contributed by atoms with Gasteiger partial charge in [-0.2, -0.15) is 4.31 Å². The second-order valence-corrected chi connectivity index (χ2v) is 7.93. The molecule has 0 aromatic heterocycles. The summed E-state index contributed by atoms with van der Waals surface area (Å²) in [7, 11) is -3.82. The molecule has 120 valence electrons. The fourth-order valence-corrected chi connectivity index (χ4v) is 4.12. The summed E-state index contributed by atoms with van der Waals surface area (Å²) < 4.78 is 40.4. The molecule has 21 heavy (non-hydrogen) atoms. The van der Waals surface area contributed by atoms with Gasteiger partial charge in [0, 0.05) is 13.1 Å². The summed E-state index contributed by atoms with van der Waals surface area (Å²) in [6.07, 6.45) is 0. The number of hydrogen-bond acceptors (Lipinski definition) is 3. The fourth-order valence-electron chi connectivity index (χ4n) is 2.12. The van der Waals surface area contributed by atoms with Crippen LogP contribution in [-0.4, -0.2) is 30.9 Å². The van der Waals surface area contributed by atoms with E-state index in [0.717, 1.165) is 12.1 Å². The molecule has 0 saturated heterocycles. The van der Waals surface area contributed by atoms with Crippen molar-refractivity contribution in [2.75, 3.05) is 13.1 Å². The lowest BCUT2D eigenvalue weighted by Gasteiger charge is -2.26. The lowest BCUT2D eigenvalue weighted by Crippen LogP contribution is -2.37. The molecular formula is C15H24FNO3S. The van der Waals surface area contributed by atoms with Crippen LogP contribution in [0.3, 0.4) is 0 Å². The molecule has 0 amide bonds. The number of nitrogens with zero attached hydrogens (tertiary/aromatic N) is 1. The van der Waals surface area contributed by atoms with E-state index in [9.17, 15) is 17.9 Å². The molecule has 0 aliphatic heterocycles. The number of sulfonamides is 1. The molecule has 4 nitrogen and oxygen atoms in total. The van der Waals surface area contributed by atoms with E-state index in [-0.39, 0.29) is 22.3 Å². The van der Waals surface area contributed by atoms with Gasteiger partial charge in [0.05, 0.1) is 11.5 Å². The van der Waals surface area contributed by atoms with E-state index in [1.807, 2.05) is 27.7 Å². The minimum absolute atomic E-state index is 0.147. The molecule has 1 N–H and O–H groups in total. The Morgan fingerprint density at radius 1 is 1.14 bits per heavy atom. The van der Waals surface area contributed by atoms with Crippen LogP contribution in [0.4, 0.5) is 4.39 Å². The summed E-state index contributed by atoms with van der Waals surface area (Å²) in [5.74, 6) is -0.311. The van der Waals surface area contributed by atoms with E-state index in [1.54, 1.807) is 0 Å². The van der Waals surface area contributed by atoms with Gasteiger partial charge in [-0.3, -0.25) is 0 Å². The van der Waals surface area contributed by atoms with Gasteiger partial charge < -0.3 is 5.11 Å². The normalized spacial score (nSPS) is 12.6. The minimum atomic E-state index is -3.82. The minimum Gasteiger partial charge on any atom is -0.392 e. The Hall–Kier alpha value is -0.980. The van der Waals surface area contributed by atoms with Crippen LogP contribution in [0.1, 0.15) is 33.3 Å². The van der Waals surface area contributed by atoms with E-state index in [0.29, 0.717) is 13.1 Å². The molecule has 0 radical (unpaired) electrons. The molecule has 0 heterocycles. The Kier molecular flexibility index (Phi) is 6.31. The van der Waals surface area contributed by atoms with Crippen molar-refractivity contribution in [2.45, 2.75) is 39.2 Å². The molecule has 0 unspecified atom stereocenters. The first-order valence-electron chi connectivity index (χ1n) is 7.08. The molecule has 0 spiro atoms. The molecule has 1 aromatic carbocycles. The van der Waals surface area contributed by atoms with Gasteiger partial charge in [0.15, 0.2) is 0 Å². The van der Waals surface area contributed by atoms with E-state index in [1.165, 1.54) is 10.4 Å². The molecule has 1 aromatic rings. The maximum Gasteiger partial charge on any atom is 0.243 e. The van der Waals surface area contributed by atoms with Crippen molar-refractivity contribution >= 4 is 10.0 Å². The van der Waals surface area contributed by atoms with Crippen molar-refractivity contribution in [1.82, 2.24) is 4.31 Å². The quantitative estimate of drug-likeness (QED) is 0.841. The van der Waals surface area contributed by atoms with Gasteiger partial charge in [-0.25, -0.2) is 12.8 Å². The molecule has 0 bridgehead atoms. The Morgan fingerprint density at radius 3 is 2.10 bits per heavy atom. The Balaban J connectivity index is 3.30. The van der Waals surface area contributed by atoms with Crippen LogP contribution in [0.5, 0.6) is 0 Å². The first kappa shape index (κ1) is 18.1. The highest BCUT2D eigenvalue weighted by Gasteiger charge is 2.28. The van der Waals surface area contributed by atoms with E-state index >= 15 is 0 Å². The van der Waals surface area contributed by atoms with Crippen LogP contribution in [0.25, 0.3) is 0 Å². The van der Waals surface area contributed by atoms with Gasteiger partial charge in [-0.1, -0.05) is 33.8 Å². The van der Waals surface area contributed by atoms with E-state index in [4.69, 9.17) is 0 Å². The molecule has 0 fully saturated rings. The van der Waals surface area contributed by atoms with Crippen LogP contribution < -0.4 is 0 Å². The number of benzene rings is 1. The first-order valence-corrected chi connectivity index (χ1v) is 8.52. The third-order valence-corrected chi connectivity index (χ3v) is 4.87. The smallest absolute Gasteiger partial charge is 0.243 e. The zero-order chi connectivity index (χ0) is 16.2. The average Bonchev–Trinajstić information content (AvgIpc) is 2.36. The highest BCUT2D eigenvalue weighted by Crippen LogP contribution is 2.23. The van der Waals surface area contributed by atoms with Gasteiger partial charge in [-0.05, 0) is 29.5 Å². The lowest BCUT2D eigenvalue weighted by molar-refractivity contribution is 0.277. The Morgan fingerprint density at radius 2 is 1.67 bits per heavy atom. The zero-order valence-corrected chi connectivity index (χ0v) is 13.8. The van der Waals surface area contributed by atoms with E-state index < -0.39 is 22.4 Å². The lowest BCUT2D eigenvalue weighted by atomic mass is 10.2. The van der Waals surface area contributed by atoms with Crippen molar-refractivity contribution in [1.29, 1.82) is 0 Å². The summed E-state index contributed by atoms with van der Waals surface area (Å²) >= 11 is 0. The van der Waals surface area contributed by atoms with Crippen molar-refractivity contribution in [3.05, 3.63) is 29.6 Å². The Bertz CT molecular complexity index is 560. The SMILES string of the molecule is CC(C)CN(CC(C)C)S(=O)(=O)c1cc(F)ccc1CO. The van der Waals surface area contributed by atoms with Crippen molar-refractivity contribution < 1.29 is 17.9 Å². The van der Waals surface area contributed by atoms with Gasteiger partial charge in [0.2, 0.25) is 10.0 Å². The van der Waals surface area contributed by atoms with E-state index in [2.05, 4.69) is 0 Å². The molecule has 1 rings (SSSR count). The average molecular weight is 317 g/mol. The standard InChI is InChI=1S/C15H24FNO3S/c1-11(2)8-17(9-12(3)4)21(19,20)15-7-14(16)6-5-13(15)10-18/h5-7,11-12,18H,8-10H2,1-4H3. The number of aliphatic hydroxyl groups excluding tert-OH is 1. The summed E-state index contributed by atoms with van der Waals surface area (Å²) in [6.45, 7) is 8.02. The molecule has 0 aliphatic rings. The van der Waals surface area contributed by atoms with Gasteiger partial charge >= 0.3 is 0 Å². The van der Waals surface area contributed by atoms with Crippen LogP contribution in [0.15, 0.2) is 23.1 Å². The molecule has 6 heteroatoms. The second-order valence-electron chi connectivity index (χ2n) is 6.02. The second kappa shape index (κ2) is 7.33. The molecule has 0 saturated carbocycles. The molecule has 0 atom stereocenters. The van der Waals surface area contributed by atoms with Crippen molar-refractivity contribution in [3.8, 4) is 0 Å². The third-order valence-electron chi connectivity index (χ3n) is 2.95. The van der Waals surface area contributed by atoms with Crippen molar-refractivity contribution in [3.63, 3.8) is 0 Å². The highest BCUT2D eigenvalue weighted by atomic mass is 32.2. The summed E-state index contributed by atoms with van der Waals surface area (Å²) in [5.41, 5.74) is 0.217. The molecular weight excluding hydrogens is 293 g/mol. The van der Waals surface area contributed by atoms with Crippen LogP contribution >= 0.6 is 0 Å². The molecule has 0 aliphatic carbocycles. The third kappa shape index (κ3) is 4.76. The van der Waals surface area contributed by atoms with Gasteiger partial charge in [0.1, 0.15) is 5.82 Å². The monoisotopic (exact) mass is 317 g/mol. The first-order chi connectivity index (χ1) is 9.68. The van der Waals surface area contributed by atoms with Gasteiger partial charge in [-0.15, -0.1) is 0 Å². The maximum absolute atomic E-state index is 13.4. The summed E-state index contributed by atoms with van der Waals surface area (Å²) in [4.78, 5) is -0.147. The van der Waals surface area contributed by atoms with Crippen molar-refractivity contribution in [2.24, 2.45) is 11.8 Å². The van der Waals surface area contributed by atoms with Gasteiger partial charge in [0.25, 0.3) is 0 Å². The highest BCUT2D eigenvalue weighted by molar-refractivity contribution is 7.89. The fraction of sp³-hybridized carbons (Fsp3) is 0.600. The summed E-state index contributed by atoms with van der Waals surface area (Å²) in [6, 6.07) is 3.44. The number of halogens is 1. The summed E-state index contributed by atoms with van der Waals surface area (Å²) in [5, 5.41) is 9.31. The van der Waals surface area contributed by atoms with Crippen LogP contribution in [0.2, 0.25) is 0 Å². The number of hydrogen-bond donors (Lipinski definition) is 1. The van der Waals surface area contributed by atoms with Crippen LogP contribution in [-0.2, 0) is 16.6 Å². The topological polar surface area (TPSA) is 57.6 Å². The predicted molar refractivity (Wildman–Crippen MR) is 80.8 cm³/mol. The maximum atomic E-state index is 13.4. The predicted octanol–water partition coefficient (Wildman–Crippen LogP) is 2.62. The largest absolute Gasteiger partial charge is 0.392 e.